The number of carbonyl (C=O) groups excluding carboxylic acids is 1. The summed E-state index contributed by atoms with van der Waals surface area (Å²) in [5.74, 6) is 1.24. The number of rotatable bonds is 5. The first-order valence-corrected chi connectivity index (χ1v) is 9.18. The molecular formula is C21H23N3O2. The van der Waals surface area contributed by atoms with Gasteiger partial charge in [0.1, 0.15) is 17.4 Å². The fourth-order valence-electron chi connectivity index (χ4n) is 3.58. The molecule has 5 heteroatoms. The number of para-hydroxylation sites is 1. The van der Waals surface area contributed by atoms with Crippen LogP contribution in [-0.2, 0) is 4.79 Å². The largest absolute Gasteiger partial charge is 0.459 e. The van der Waals surface area contributed by atoms with E-state index < -0.39 is 0 Å². The number of carbonyl (C=O) groups is 1. The van der Waals surface area contributed by atoms with E-state index in [0.717, 1.165) is 48.2 Å². The van der Waals surface area contributed by atoms with Gasteiger partial charge in [0.15, 0.2) is 0 Å². The van der Waals surface area contributed by atoms with Crippen molar-refractivity contribution in [3.8, 4) is 0 Å². The average molecular weight is 349 g/mol. The summed E-state index contributed by atoms with van der Waals surface area (Å²) in [7, 11) is 0. The fraction of sp³-hybridized carbons (Fsp3) is 0.333. The molecule has 0 bridgehead atoms. The van der Waals surface area contributed by atoms with Gasteiger partial charge in [-0.15, -0.1) is 0 Å². The zero-order chi connectivity index (χ0) is 17.8. The van der Waals surface area contributed by atoms with Crippen LogP contribution in [0.1, 0.15) is 36.6 Å². The summed E-state index contributed by atoms with van der Waals surface area (Å²) in [6.07, 6.45) is 6.17. The molecule has 0 radical (unpaired) electrons. The Morgan fingerprint density at radius 3 is 2.85 bits per heavy atom. The molecule has 1 amide bonds. The SMILES string of the molecule is O=C(CC1CCNCC1)NC(c1cccnc1)c1cc2ccccc2o1. The maximum absolute atomic E-state index is 12.7. The fourth-order valence-corrected chi connectivity index (χ4v) is 3.58. The topological polar surface area (TPSA) is 67.2 Å². The van der Waals surface area contributed by atoms with E-state index in [1.54, 1.807) is 12.4 Å². The molecule has 0 spiro atoms. The first-order valence-electron chi connectivity index (χ1n) is 9.18. The molecule has 1 aliphatic heterocycles. The van der Waals surface area contributed by atoms with E-state index in [9.17, 15) is 4.79 Å². The van der Waals surface area contributed by atoms with Crippen LogP contribution in [0.2, 0.25) is 0 Å². The number of hydrogen-bond acceptors (Lipinski definition) is 4. The Labute approximate surface area is 152 Å². The summed E-state index contributed by atoms with van der Waals surface area (Å²) in [5.41, 5.74) is 1.74. The highest BCUT2D eigenvalue weighted by atomic mass is 16.3. The van der Waals surface area contributed by atoms with Crippen molar-refractivity contribution in [2.75, 3.05) is 13.1 Å². The molecule has 4 rings (SSSR count). The standard InChI is InChI=1S/C21H23N3O2/c25-20(12-15-7-10-22-11-8-15)24-21(17-5-3-9-23-14-17)19-13-16-4-1-2-6-18(16)26-19/h1-6,9,13-15,21-22H,7-8,10-12H2,(H,24,25). The van der Waals surface area contributed by atoms with E-state index in [4.69, 9.17) is 4.42 Å². The lowest BCUT2D eigenvalue weighted by Crippen LogP contribution is -2.34. The number of fused-ring (bicyclic) bond motifs is 1. The van der Waals surface area contributed by atoms with Gasteiger partial charge in [0, 0.05) is 29.8 Å². The molecule has 3 heterocycles. The van der Waals surface area contributed by atoms with E-state index in [-0.39, 0.29) is 11.9 Å². The lowest BCUT2D eigenvalue weighted by Gasteiger charge is -2.23. The third-order valence-corrected chi connectivity index (χ3v) is 4.98. The number of benzene rings is 1. The molecule has 5 nitrogen and oxygen atoms in total. The second-order valence-electron chi connectivity index (χ2n) is 6.87. The third-order valence-electron chi connectivity index (χ3n) is 4.98. The number of amides is 1. The lowest BCUT2D eigenvalue weighted by molar-refractivity contribution is -0.122. The Morgan fingerprint density at radius 1 is 1.23 bits per heavy atom. The first-order chi connectivity index (χ1) is 12.8. The summed E-state index contributed by atoms with van der Waals surface area (Å²) >= 11 is 0. The molecule has 2 N–H and O–H groups in total. The molecule has 1 aliphatic rings. The Morgan fingerprint density at radius 2 is 2.08 bits per heavy atom. The van der Waals surface area contributed by atoms with E-state index >= 15 is 0 Å². The quantitative estimate of drug-likeness (QED) is 0.741. The summed E-state index contributed by atoms with van der Waals surface area (Å²) in [5, 5.41) is 7.54. The second-order valence-corrected chi connectivity index (χ2v) is 6.87. The van der Waals surface area contributed by atoms with Gasteiger partial charge in [-0.1, -0.05) is 24.3 Å². The highest BCUT2D eigenvalue weighted by molar-refractivity contribution is 5.79. The molecule has 3 aromatic rings. The summed E-state index contributed by atoms with van der Waals surface area (Å²) in [6.45, 7) is 1.99. The zero-order valence-corrected chi connectivity index (χ0v) is 14.7. The maximum atomic E-state index is 12.7. The third kappa shape index (κ3) is 3.78. The lowest BCUT2D eigenvalue weighted by atomic mass is 9.94. The zero-order valence-electron chi connectivity index (χ0n) is 14.7. The smallest absolute Gasteiger partial charge is 0.221 e. The molecule has 1 atom stereocenters. The van der Waals surface area contributed by atoms with Gasteiger partial charge in [-0.2, -0.15) is 0 Å². The van der Waals surface area contributed by atoms with Gasteiger partial charge < -0.3 is 15.1 Å². The van der Waals surface area contributed by atoms with E-state index in [1.165, 1.54) is 0 Å². The average Bonchev–Trinajstić information content (AvgIpc) is 3.11. The first kappa shape index (κ1) is 16.8. The number of hydrogen-bond donors (Lipinski definition) is 2. The molecule has 2 aromatic heterocycles. The van der Waals surface area contributed by atoms with Gasteiger partial charge in [-0.05, 0) is 50.0 Å². The minimum Gasteiger partial charge on any atom is -0.459 e. The number of nitrogens with one attached hydrogen (secondary N) is 2. The summed E-state index contributed by atoms with van der Waals surface area (Å²) < 4.78 is 6.02. The van der Waals surface area contributed by atoms with Gasteiger partial charge in [0.2, 0.25) is 5.91 Å². The van der Waals surface area contributed by atoms with E-state index in [0.29, 0.717) is 12.3 Å². The Bertz CT molecular complexity index is 836. The predicted molar refractivity (Wildman–Crippen MR) is 101 cm³/mol. The summed E-state index contributed by atoms with van der Waals surface area (Å²) in [4.78, 5) is 16.9. The second kappa shape index (κ2) is 7.70. The van der Waals surface area contributed by atoms with Crippen molar-refractivity contribution in [3.63, 3.8) is 0 Å². The van der Waals surface area contributed by atoms with Crippen molar-refractivity contribution in [1.29, 1.82) is 0 Å². The normalized spacial score (nSPS) is 16.5. The number of pyridine rings is 1. The van der Waals surface area contributed by atoms with Crippen molar-refractivity contribution in [2.45, 2.75) is 25.3 Å². The Balaban J connectivity index is 1.57. The molecule has 26 heavy (non-hydrogen) atoms. The maximum Gasteiger partial charge on any atom is 0.221 e. The van der Waals surface area contributed by atoms with Crippen LogP contribution in [0.4, 0.5) is 0 Å². The van der Waals surface area contributed by atoms with Gasteiger partial charge in [-0.25, -0.2) is 0 Å². The van der Waals surface area contributed by atoms with Crippen LogP contribution in [0.5, 0.6) is 0 Å². The van der Waals surface area contributed by atoms with Crippen LogP contribution < -0.4 is 10.6 Å². The monoisotopic (exact) mass is 349 g/mol. The molecule has 1 saturated heterocycles. The summed E-state index contributed by atoms with van der Waals surface area (Å²) in [6, 6.07) is 13.4. The highest BCUT2D eigenvalue weighted by Crippen LogP contribution is 2.28. The number of furan rings is 1. The molecule has 1 fully saturated rings. The van der Waals surface area contributed by atoms with Gasteiger partial charge in [-0.3, -0.25) is 9.78 Å². The van der Waals surface area contributed by atoms with Crippen LogP contribution in [0.3, 0.4) is 0 Å². The molecule has 1 aromatic carbocycles. The predicted octanol–water partition coefficient (Wildman–Crippen LogP) is 3.42. The molecule has 134 valence electrons. The number of piperidine rings is 1. The van der Waals surface area contributed by atoms with E-state index in [2.05, 4.69) is 15.6 Å². The van der Waals surface area contributed by atoms with Gasteiger partial charge >= 0.3 is 0 Å². The van der Waals surface area contributed by atoms with Crippen molar-refractivity contribution in [3.05, 3.63) is 66.2 Å². The van der Waals surface area contributed by atoms with Crippen LogP contribution in [0.25, 0.3) is 11.0 Å². The highest BCUT2D eigenvalue weighted by Gasteiger charge is 2.23. The van der Waals surface area contributed by atoms with Crippen LogP contribution in [0.15, 0.2) is 59.3 Å². The molecular weight excluding hydrogens is 326 g/mol. The van der Waals surface area contributed by atoms with E-state index in [1.807, 2.05) is 42.5 Å². The van der Waals surface area contributed by atoms with Gasteiger partial charge in [0.25, 0.3) is 0 Å². The van der Waals surface area contributed by atoms with Crippen LogP contribution in [0, 0.1) is 5.92 Å². The Hall–Kier alpha value is -2.66. The van der Waals surface area contributed by atoms with Crippen molar-refractivity contribution in [1.82, 2.24) is 15.6 Å². The van der Waals surface area contributed by atoms with Gasteiger partial charge in [0.05, 0.1) is 0 Å². The van der Waals surface area contributed by atoms with Crippen molar-refractivity contribution < 1.29 is 9.21 Å². The van der Waals surface area contributed by atoms with Crippen LogP contribution >= 0.6 is 0 Å². The Kier molecular flexibility index (Phi) is 4.97. The number of aromatic nitrogens is 1. The minimum absolute atomic E-state index is 0.0613. The molecule has 0 aliphatic carbocycles. The van der Waals surface area contributed by atoms with Crippen molar-refractivity contribution in [2.24, 2.45) is 5.92 Å². The van der Waals surface area contributed by atoms with Crippen LogP contribution in [-0.4, -0.2) is 24.0 Å². The van der Waals surface area contributed by atoms with Crippen molar-refractivity contribution >= 4 is 16.9 Å². The molecule has 1 unspecified atom stereocenters. The minimum atomic E-state index is -0.328. The molecule has 0 saturated carbocycles. The number of nitrogens with zero attached hydrogens (tertiary/aromatic N) is 1.